The molecule has 0 N–H and O–H groups in total. The van der Waals surface area contributed by atoms with E-state index >= 15 is 0 Å². The zero-order chi connectivity index (χ0) is 16.2. The number of aromatic nitrogens is 1. The SMILES string of the molecule is Cn1c(=NC(=O)CCSc2ccc(Cl)cc2)sc2ccccc21. The second-order valence-corrected chi connectivity index (χ2v) is 7.58. The molecule has 0 saturated carbocycles. The topological polar surface area (TPSA) is 34.4 Å². The van der Waals surface area contributed by atoms with Crippen molar-refractivity contribution in [1.29, 1.82) is 0 Å². The Labute approximate surface area is 147 Å². The third-order valence-electron chi connectivity index (χ3n) is 3.33. The van der Waals surface area contributed by atoms with E-state index in [1.54, 1.807) is 11.8 Å². The lowest BCUT2D eigenvalue weighted by Crippen LogP contribution is -2.13. The summed E-state index contributed by atoms with van der Waals surface area (Å²) >= 11 is 9.03. The van der Waals surface area contributed by atoms with Gasteiger partial charge in [-0.3, -0.25) is 4.79 Å². The molecule has 6 heteroatoms. The maximum Gasteiger partial charge on any atom is 0.249 e. The second-order valence-electron chi connectivity index (χ2n) is 4.97. The molecule has 0 atom stereocenters. The van der Waals surface area contributed by atoms with Crippen LogP contribution in [0.2, 0.25) is 5.02 Å². The Balaban J connectivity index is 1.66. The lowest BCUT2D eigenvalue weighted by Gasteiger charge is -1.99. The van der Waals surface area contributed by atoms with E-state index in [9.17, 15) is 4.79 Å². The fourth-order valence-corrected chi connectivity index (χ4v) is 4.14. The van der Waals surface area contributed by atoms with Crippen LogP contribution in [0, 0.1) is 0 Å². The van der Waals surface area contributed by atoms with Crippen LogP contribution < -0.4 is 4.80 Å². The Bertz CT molecular complexity index is 897. The number of thioether (sulfide) groups is 1. The van der Waals surface area contributed by atoms with Gasteiger partial charge in [0.2, 0.25) is 5.91 Å². The quantitative estimate of drug-likeness (QED) is 0.640. The molecular weight excluding hydrogens is 348 g/mol. The van der Waals surface area contributed by atoms with Crippen LogP contribution >= 0.6 is 34.7 Å². The van der Waals surface area contributed by atoms with E-state index in [0.29, 0.717) is 12.2 Å². The number of rotatable bonds is 4. The minimum absolute atomic E-state index is 0.0892. The molecule has 1 amide bonds. The summed E-state index contributed by atoms with van der Waals surface area (Å²) in [7, 11) is 1.94. The molecule has 3 rings (SSSR count). The summed E-state index contributed by atoms with van der Waals surface area (Å²) in [6.45, 7) is 0. The number of benzene rings is 2. The van der Waals surface area contributed by atoms with Crippen molar-refractivity contribution in [2.45, 2.75) is 11.3 Å². The van der Waals surface area contributed by atoms with Crippen LogP contribution in [0.3, 0.4) is 0 Å². The number of thiazole rings is 1. The molecule has 0 aliphatic rings. The summed E-state index contributed by atoms with van der Waals surface area (Å²) in [6.07, 6.45) is 0.418. The Morgan fingerprint density at radius 3 is 2.70 bits per heavy atom. The number of halogens is 1. The summed E-state index contributed by atoms with van der Waals surface area (Å²) in [5, 5.41) is 0.720. The molecule has 1 heterocycles. The molecule has 0 aliphatic heterocycles. The van der Waals surface area contributed by atoms with E-state index in [1.807, 2.05) is 60.1 Å². The molecule has 0 saturated heterocycles. The number of aryl methyl sites for hydroxylation is 1. The predicted octanol–water partition coefficient (Wildman–Crippen LogP) is 4.50. The van der Waals surface area contributed by atoms with Gasteiger partial charge in [0.05, 0.1) is 10.2 Å². The maximum absolute atomic E-state index is 12.1. The van der Waals surface area contributed by atoms with E-state index < -0.39 is 0 Å². The number of para-hydroxylation sites is 1. The van der Waals surface area contributed by atoms with Crippen LogP contribution in [-0.2, 0) is 11.8 Å². The van der Waals surface area contributed by atoms with Crippen LogP contribution in [0.5, 0.6) is 0 Å². The smallest absolute Gasteiger partial charge is 0.249 e. The van der Waals surface area contributed by atoms with Crippen molar-refractivity contribution >= 4 is 50.8 Å². The summed E-state index contributed by atoms with van der Waals surface area (Å²) in [6, 6.07) is 15.7. The number of fused-ring (bicyclic) bond motifs is 1. The Hall–Kier alpha value is -1.56. The first-order chi connectivity index (χ1) is 11.1. The molecule has 23 heavy (non-hydrogen) atoms. The van der Waals surface area contributed by atoms with Crippen LogP contribution in [0.25, 0.3) is 10.2 Å². The highest BCUT2D eigenvalue weighted by atomic mass is 35.5. The number of nitrogens with zero attached hydrogens (tertiary/aromatic N) is 2. The van der Waals surface area contributed by atoms with E-state index in [-0.39, 0.29) is 5.91 Å². The first-order valence-electron chi connectivity index (χ1n) is 7.14. The van der Waals surface area contributed by atoms with Crippen LogP contribution in [-0.4, -0.2) is 16.2 Å². The molecular formula is C17H15ClN2OS2. The number of amides is 1. The summed E-state index contributed by atoms with van der Waals surface area (Å²) < 4.78 is 3.10. The fraction of sp³-hybridized carbons (Fsp3) is 0.176. The van der Waals surface area contributed by atoms with Crippen molar-refractivity contribution in [1.82, 2.24) is 4.57 Å². The zero-order valence-electron chi connectivity index (χ0n) is 12.5. The van der Waals surface area contributed by atoms with Gasteiger partial charge in [-0.1, -0.05) is 35.1 Å². The lowest BCUT2D eigenvalue weighted by molar-refractivity contribution is -0.117. The largest absolute Gasteiger partial charge is 0.319 e. The van der Waals surface area contributed by atoms with Gasteiger partial charge < -0.3 is 4.57 Å². The molecule has 118 valence electrons. The Morgan fingerprint density at radius 2 is 1.96 bits per heavy atom. The minimum atomic E-state index is -0.0892. The zero-order valence-corrected chi connectivity index (χ0v) is 14.9. The van der Waals surface area contributed by atoms with Crippen molar-refractivity contribution in [2.75, 3.05) is 5.75 Å². The van der Waals surface area contributed by atoms with Crippen LogP contribution in [0.15, 0.2) is 58.4 Å². The highest BCUT2D eigenvalue weighted by Gasteiger charge is 2.05. The summed E-state index contributed by atoms with van der Waals surface area (Å²) in [4.78, 5) is 18.2. The van der Waals surface area contributed by atoms with Gasteiger partial charge in [-0.2, -0.15) is 4.99 Å². The standard InChI is InChI=1S/C17H15ClN2OS2/c1-20-14-4-2-3-5-15(14)23-17(20)19-16(21)10-11-22-13-8-6-12(18)7-9-13/h2-9H,10-11H2,1H3. The molecule has 0 bridgehead atoms. The van der Waals surface area contributed by atoms with E-state index in [1.165, 1.54) is 11.3 Å². The molecule has 0 fully saturated rings. The van der Waals surface area contributed by atoms with Gasteiger partial charge in [0, 0.05) is 29.1 Å². The van der Waals surface area contributed by atoms with E-state index in [0.717, 1.165) is 24.9 Å². The first-order valence-corrected chi connectivity index (χ1v) is 9.32. The number of hydrogen-bond acceptors (Lipinski definition) is 3. The van der Waals surface area contributed by atoms with Gasteiger partial charge in [-0.05, 0) is 36.4 Å². The van der Waals surface area contributed by atoms with Crippen molar-refractivity contribution in [3.05, 3.63) is 58.4 Å². The van der Waals surface area contributed by atoms with Crippen molar-refractivity contribution in [2.24, 2.45) is 12.0 Å². The number of carbonyl (C=O) groups is 1. The van der Waals surface area contributed by atoms with Gasteiger partial charge in [0.15, 0.2) is 4.80 Å². The fourth-order valence-electron chi connectivity index (χ4n) is 2.14. The van der Waals surface area contributed by atoms with E-state index in [4.69, 9.17) is 11.6 Å². The molecule has 1 aromatic heterocycles. The number of carbonyl (C=O) groups excluding carboxylic acids is 1. The Morgan fingerprint density at radius 1 is 1.22 bits per heavy atom. The molecule has 3 nitrogen and oxygen atoms in total. The molecule has 2 aromatic carbocycles. The molecule has 0 aliphatic carbocycles. The van der Waals surface area contributed by atoms with Crippen molar-refractivity contribution in [3.8, 4) is 0 Å². The minimum Gasteiger partial charge on any atom is -0.319 e. The van der Waals surface area contributed by atoms with Gasteiger partial charge in [-0.25, -0.2) is 0 Å². The third kappa shape index (κ3) is 4.05. The average Bonchev–Trinajstić information content (AvgIpc) is 2.86. The van der Waals surface area contributed by atoms with E-state index in [2.05, 4.69) is 4.99 Å². The summed E-state index contributed by atoms with van der Waals surface area (Å²) in [5.74, 6) is 0.618. The molecule has 0 unspecified atom stereocenters. The van der Waals surface area contributed by atoms with Gasteiger partial charge in [-0.15, -0.1) is 11.8 Å². The van der Waals surface area contributed by atoms with Crippen molar-refractivity contribution < 1.29 is 4.79 Å². The van der Waals surface area contributed by atoms with Crippen LogP contribution in [0.4, 0.5) is 0 Å². The predicted molar refractivity (Wildman–Crippen MR) is 98.2 cm³/mol. The molecule has 3 aromatic rings. The second kappa shape index (κ2) is 7.34. The van der Waals surface area contributed by atoms with Gasteiger partial charge >= 0.3 is 0 Å². The van der Waals surface area contributed by atoms with Gasteiger partial charge in [0.1, 0.15) is 0 Å². The molecule has 0 radical (unpaired) electrons. The normalized spacial score (nSPS) is 12.0. The summed E-state index contributed by atoms with van der Waals surface area (Å²) in [5.41, 5.74) is 1.10. The van der Waals surface area contributed by atoms with Crippen molar-refractivity contribution in [3.63, 3.8) is 0 Å². The number of hydrogen-bond donors (Lipinski definition) is 0. The first kappa shape index (κ1) is 16.3. The highest BCUT2D eigenvalue weighted by molar-refractivity contribution is 7.99. The monoisotopic (exact) mass is 362 g/mol. The molecule has 0 spiro atoms. The van der Waals surface area contributed by atoms with Gasteiger partial charge in [0.25, 0.3) is 0 Å². The maximum atomic E-state index is 12.1. The van der Waals surface area contributed by atoms with Crippen LogP contribution in [0.1, 0.15) is 6.42 Å². The highest BCUT2D eigenvalue weighted by Crippen LogP contribution is 2.21. The Kier molecular flexibility index (Phi) is 5.20. The lowest BCUT2D eigenvalue weighted by atomic mass is 10.3. The average molecular weight is 363 g/mol. The third-order valence-corrected chi connectivity index (χ3v) is 5.71.